The molecule has 2 heterocycles. The van der Waals surface area contributed by atoms with Crippen molar-refractivity contribution in [3.05, 3.63) is 59.0 Å². The number of nitrogens with two attached hydrogens (primary N) is 1. The molecule has 1 amide bonds. The van der Waals surface area contributed by atoms with E-state index in [1.54, 1.807) is 12.1 Å². The van der Waals surface area contributed by atoms with E-state index in [0.29, 0.717) is 18.3 Å². The minimum Gasteiger partial charge on any atom is -0.454 e. The third-order valence-electron chi connectivity index (χ3n) is 5.23. The second kappa shape index (κ2) is 10.1. The van der Waals surface area contributed by atoms with Crippen molar-refractivity contribution in [2.75, 3.05) is 19.6 Å². The maximum absolute atomic E-state index is 11.1. The molecule has 2 aromatic rings. The number of hydrogen-bond acceptors (Lipinski definition) is 4. The average Bonchev–Trinajstić information content (AvgIpc) is 3.19. The van der Waals surface area contributed by atoms with Gasteiger partial charge in [0.05, 0.1) is 0 Å². The molecule has 1 aliphatic heterocycles. The maximum atomic E-state index is 11.1. The Bertz CT molecular complexity index is 837. The first kappa shape index (κ1) is 20.9. The largest absolute Gasteiger partial charge is 0.454 e. The Morgan fingerprint density at radius 1 is 1.24 bits per heavy atom. The molecule has 0 radical (unpaired) electrons. The smallest absolute Gasteiger partial charge is 0.284 e. The minimum absolute atomic E-state index is 0.161. The molecule has 0 aliphatic carbocycles. The normalized spacial score (nSPS) is 16.0. The maximum Gasteiger partial charge on any atom is 0.284 e. The number of furan rings is 1. The van der Waals surface area contributed by atoms with Gasteiger partial charge in [-0.3, -0.25) is 9.69 Å². The minimum atomic E-state index is -0.567. The molecule has 0 atom stereocenters. The molecular weight excluding hydrogens is 366 g/mol. The van der Waals surface area contributed by atoms with E-state index in [9.17, 15) is 4.79 Å². The Hall–Kier alpha value is -2.80. The van der Waals surface area contributed by atoms with Gasteiger partial charge in [0.15, 0.2) is 11.7 Å². The van der Waals surface area contributed by atoms with Gasteiger partial charge >= 0.3 is 0 Å². The lowest BCUT2D eigenvalue weighted by Crippen LogP contribution is -2.48. The summed E-state index contributed by atoms with van der Waals surface area (Å²) >= 11 is 0. The number of guanidine groups is 1. The number of likely N-dealkylation sites (tertiary alicyclic amines) is 1. The lowest BCUT2D eigenvalue weighted by molar-refractivity contribution is 0.0972. The van der Waals surface area contributed by atoms with E-state index in [1.807, 2.05) is 6.92 Å². The van der Waals surface area contributed by atoms with Crippen LogP contribution in [0.5, 0.6) is 0 Å². The lowest BCUT2D eigenvalue weighted by atomic mass is 10.0. The van der Waals surface area contributed by atoms with Crippen LogP contribution in [-0.2, 0) is 13.1 Å². The Morgan fingerprint density at radius 3 is 2.66 bits per heavy atom. The number of aryl methyl sites for hydroxylation is 1. The van der Waals surface area contributed by atoms with Gasteiger partial charge in [-0.15, -0.1) is 0 Å². The SMILES string of the molecule is CCNC(=NCc1ccc(C(N)=O)o1)NC1CCN(Cc2ccccc2C)CC1. The van der Waals surface area contributed by atoms with Crippen LogP contribution in [0.3, 0.4) is 0 Å². The first-order valence-electron chi connectivity index (χ1n) is 10.3. The molecular formula is C22H31N5O2. The number of nitrogens with one attached hydrogen (secondary N) is 2. The fraction of sp³-hybridized carbons (Fsp3) is 0.455. The summed E-state index contributed by atoms with van der Waals surface area (Å²) in [5.74, 6) is 0.975. The van der Waals surface area contributed by atoms with Crippen LogP contribution in [0.15, 0.2) is 45.8 Å². The van der Waals surface area contributed by atoms with Crippen molar-refractivity contribution in [3.63, 3.8) is 0 Å². The van der Waals surface area contributed by atoms with Crippen molar-refractivity contribution < 1.29 is 9.21 Å². The quantitative estimate of drug-likeness (QED) is 0.493. The third-order valence-corrected chi connectivity index (χ3v) is 5.23. The predicted molar refractivity (Wildman–Crippen MR) is 115 cm³/mol. The molecule has 156 valence electrons. The van der Waals surface area contributed by atoms with Gasteiger partial charge in [-0.25, -0.2) is 4.99 Å². The number of carbonyl (C=O) groups excluding carboxylic acids is 1. The summed E-state index contributed by atoms with van der Waals surface area (Å²) in [6, 6.07) is 12.3. The van der Waals surface area contributed by atoms with E-state index in [-0.39, 0.29) is 5.76 Å². The Kier molecular flexibility index (Phi) is 7.30. The molecule has 1 aliphatic rings. The highest BCUT2D eigenvalue weighted by molar-refractivity contribution is 5.89. The predicted octanol–water partition coefficient (Wildman–Crippen LogP) is 2.41. The fourth-order valence-corrected chi connectivity index (χ4v) is 3.53. The average molecular weight is 398 g/mol. The number of rotatable bonds is 7. The van der Waals surface area contributed by atoms with Crippen LogP contribution < -0.4 is 16.4 Å². The summed E-state index contributed by atoms with van der Waals surface area (Å²) in [7, 11) is 0. The van der Waals surface area contributed by atoms with Crippen LogP contribution >= 0.6 is 0 Å². The molecule has 0 bridgehead atoms. The summed E-state index contributed by atoms with van der Waals surface area (Å²) in [6.07, 6.45) is 2.14. The topological polar surface area (TPSA) is 95.9 Å². The van der Waals surface area contributed by atoms with Crippen LogP contribution in [0, 0.1) is 6.92 Å². The summed E-state index contributed by atoms with van der Waals surface area (Å²) in [6.45, 7) is 8.48. The van der Waals surface area contributed by atoms with Crippen molar-refractivity contribution in [2.45, 2.75) is 45.8 Å². The van der Waals surface area contributed by atoms with Crippen molar-refractivity contribution in [2.24, 2.45) is 10.7 Å². The number of hydrogen-bond donors (Lipinski definition) is 3. The summed E-state index contributed by atoms with van der Waals surface area (Å²) in [4.78, 5) is 18.2. The highest BCUT2D eigenvalue weighted by Crippen LogP contribution is 2.16. The zero-order valence-electron chi connectivity index (χ0n) is 17.3. The van der Waals surface area contributed by atoms with E-state index in [1.165, 1.54) is 11.1 Å². The number of amides is 1. The molecule has 0 spiro atoms. The molecule has 7 heteroatoms. The highest BCUT2D eigenvalue weighted by Gasteiger charge is 2.20. The Balaban J connectivity index is 1.50. The van der Waals surface area contributed by atoms with E-state index >= 15 is 0 Å². The summed E-state index contributed by atoms with van der Waals surface area (Å²) in [5, 5.41) is 6.81. The number of nitrogens with zero attached hydrogens (tertiary/aromatic N) is 2. The van der Waals surface area contributed by atoms with E-state index in [4.69, 9.17) is 10.2 Å². The standard InChI is InChI=1S/C22H31N5O2/c1-3-24-22(25-14-19-8-9-20(29-19)21(23)28)26-18-10-12-27(13-11-18)15-17-7-5-4-6-16(17)2/h4-9,18H,3,10-15H2,1-2H3,(H2,23,28)(H2,24,25,26). The molecule has 7 nitrogen and oxygen atoms in total. The van der Waals surface area contributed by atoms with Gasteiger partial charge in [0.1, 0.15) is 12.3 Å². The zero-order chi connectivity index (χ0) is 20.6. The molecule has 0 unspecified atom stereocenters. The molecule has 0 saturated carbocycles. The zero-order valence-corrected chi connectivity index (χ0v) is 17.3. The molecule has 1 aromatic carbocycles. The van der Waals surface area contributed by atoms with Gasteiger partial charge in [0.2, 0.25) is 0 Å². The molecule has 1 aromatic heterocycles. The van der Waals surface area contributed by atoms with Gasteiger partial charge in [0.25, 0.3) is 5.91 Å². The van der Waals surface area contributed by atoms with Crippen molar-refractivity contribution in [3.8, 4) is 0 Å². The van der Waals surface area contributed by atoms with Crippen LogP contribution in [0.1, 0.15) is 47.2 Å². The van der Waals surface area contributed by atoms with Gasteiger partial charge in [-0.1, -0.05) is 24.3 Å². The van der Waals surface area contributed by atoms with Crippen molar-refractivity contribution in [1.29, 1.82) is 0 Å². The monoisotopic (exact) mass is 397 g/mol. The number of benzene rings is 1. The molecule has 1 fully saturated rings. The van der Waals surface area contributed by atoms with Crippen LogP contribution in [0.25, 0.3) is 0 Å². The molecule has 3 rings (SSSR count). The first-order chi connectivity index (χ1) is 14.0. The second-order valence-electron chi connectivity index (χ2n) is 7.45. The second-order valence-corrected chi connectivity index (χ2v) is 7.45. The highest BCUT2D eigenvalue weighted by atomic mass is 16.3. The van der Waals surface area contributed by atoms with Crippen LogP contribution in [0.2, 0.25) is 0 Å². The fourth-order valence-electron chi connectivity index (χ4n) is 3.53. The summed E-state index contributed by atoms with van der Waals surface area (Å²) < 4.78 is 5.40. The van der Waals surface area contributed by atoms with Crippen LogP contribution in [-0.4, -0.2) is 42.4 Å². The van der Waals surface area contributed by atoms with E-state index in [2.05, 4.69) is 51.7 Å². The Labute approximate surface area is 172 Å². The molecule has 1 saturated heterocycles. The lowest BCUT2D eigenvalue weighted by Gasteiger charge is -2.33. The molecule has 29 heavy (non-hydrogen) atoms. The number of aliphatic imine (C=N–C) groups is 1. The number of piperidine rings is 1. The van der Waals surface area contributed by atoms with E-state index in [0.717, 1.165) is 45.0 Å². The van der Waals surface area contributed by atoms with Gasteiger partial charge in [-0.05, 0) is 49.9 Å². The van der Waals surface area contributed by atoms with E-state index < -0.39 is 5.91 Å². The molecule has 4 N–H and O–H groups in total. The summed E-state index contributed by atoms with van der Waals surface area (Å²) in [5.41, 5.74) is 7.98. The van der Waals surface area contributed by atoms with Crippen molar-refractivity contribution in [1.82, 2.24) is 15.5 Å². The van der Waals surface area contributed by atoms with Gasteiger partial charge < -0.3 is 20.8 Å². The van der Waals surface area contributed by atoms with Gasteiger partial charge in [0, 0.05) is 32.2 Å². The van der Waals surface area contributed by atoms with Gasteiger partial charge in [-0.2, -0.15) is 0 Å². The van der Waals surface area contributed by atoms with Crippen LogP contribution in [0.4, 0.5) is 0 Å². The Morgan fingerprint density at radius 2 is 2.00 bits per heavy atom. The number of carbonyl (C=O) groups is 1. The van der Waals surface area contributed by atoms with Crippen molar-refractivity contribution >= 4 is 11.9 Å². The first-order valence-corrected chi connectivity index (χ1v) is 10.3. The number of primary amides is 1. The third kappa shape index (κ3) is 6.09.